The van der Waals surface area contributed by atoms with Crippen LogP contribution in [0.4, 0.5) is 0 Å². The fourth-order valence-electron chi connectivity index (χ4n) is 2.75. The van der Waals surface area contributed by atoms with Gasteiger partial charge in [0.2, 0.25) is 0 Å². The highest BCUT2D eigenvalue weighted by Crippen LogP contribution is 2.21. The Hall–Kier alpha value is -3.15. The lowest BCUT2D eigenvalue weighted by Gasteiger charge is -2.17. The Morgan fingerprint density at radius 1 is 1.11 bits per heavy atom. The molecule has 0 spiro atoms. The summed E-state index contributed by atoms with van der Waals surface area (Å²) in [6.07, 6.45) is 0. The summed E-state index contributed by atoms with van der Waals surface area (Å²) >= 11 is 0. The number of H-pyrrole nitrogens is 1. The van der Waals surface area contributed by atoms with Crippen molar-refractivity contribution in [1.82, 2.24) is 20.5 Å². The monoisotopic (exact) mass is 364 g/mol. The predicted octanol–water partition coefficient (Wildman–Crippen LogP) is 3.52. The van der Waals surface area contributed by atoms with E-state index in [9.17, 15) is 4.79 Å². The zero-order valence-corrected chi connectivity index (χ0v) is 15.8. The molecule has 1 heterocycles. The zero-order chi connectivity index (χ0) is 19.2. The topological polar surface area (TPSA) is 79.9 Å². The minimum absolute atomic E-state index is 0.0751. The Labute approximate surface area is 159 Å². The molecule has 0 fully saturated rings. The van der Waals surface area contributed by atoms with E-state index in [1.165, 1.54) is 5.56 Å². The number of carbonyl (C=O) groups is 1. The van der Waals surface area contributed by atoms with Crippen molar-refractivity contribution in [3.8, 4) is 5.75 Å². The smallest absolute Gasteiger partial charge is 0.258 e. The molecule has 2 aromatic carbocycles. The van der Waals surface area contributed by atoms with Crippen LogP contribution in [0.15, 0.2) is 54.6 Å². The molecule has 0 aliphatic rings. The number of ether oxygens (including phenoxy) is 1. The van der Waals surface area contributed by atoms with E-state index in [0.29, 0.717) is 23.3 Å². The quantitative estimate of drug-likeness (QED) is 0.672. The van der Waals surface area contributed by atoms with Crippen LogP contribution in [0, 0.1) is 6.92 Å². The van der Waals surface area contributed by atoms with Gasteiger partial charge in [0.15, 0.2) is 12.4 Å². The van der Waals surface area contributed by atoms with Crippen LogP contribution in [0.5, 0.6) is 5.75 Å². The molecule has 2 N–H and O–H groups in total. The van der Waals surface area contributed by atoms with Crippen LogP contribution >= 0.6 is 0 Å². The number of aromatic amines is 1. The van der Waals surface area contributed by atoms with Crippen molar-refractivity contribution < 1.29 is 9.53 Å². The molecule has 6 nitrogen and oxygen atoms in total. The highest BCUT2D eigenvalue weighted by molar-refractivity contribution is 5.78. The maximum absolute atomic E-state index is 12.5. The lowest BCUT2D eigenvalue weighted by Crippen LogP contribution is -2.33. The van der Waals surface area contributed by atoms with E-state index >= 15 is 0 Å². The van der Waals surface area contributed by atoms with Gasteiger partial charge in [0.25, 0.3) is 5.91 Å². The van der Waals surface area contributed by atoms with Crippen LogP contribution in [-0.2, 0) is 4.79 Å². The maximum atomic E-state index is 12.5. The highest BCUT2D eigenvalue weighted by atomic mass is 16.5. The van der Waals surface area contributed by atoms with Gasteiger partial charge in [-0.05, 0) is 36.1 Å². The van der Waals surface area contributed by atoms with Crippen LogP contribution in [0.25, 0.3) is 0 Å². The van der Waals surface area contributed by atoms with Crippen LogP contribution < -0.4 is 10.1 Å². The third-order valence-electron chi connectivity index (χ3n) is 4.21. The molecular weight excluding hydrogens is 340 g/mol. The average molecular weight is 364 g/mol. The van der Waals surface area contributed by atoms with Gasteiger partial charge >= 0.3 is 0 Å². The van der Waals surface area contributed by atoms with Gasteiger partial charge in [-0.15, -0.1) is 0 Å². The Morgan fingerprint density at radius 2 is 1.85 bits per heavy atom. The first-order chi connectivity index (χ1) is 13.0. The number of carbonyl (C=O) groups excluding carboxylic acids is 1. The van der Waals surface area contributed by atoms with E-state index in [0.717, 1.165) is 5.56 Å². The van der Waals surface area contributed by atoms with E-state index in [-0.39, 0.29) is 12.5 Å². The van der Waals surface area contributed by atoms with Gasteiger partial charge in [0.05, 0.1) is 0 Å². The summed E-state index contributed by atoms with van der Waals surface area (Å²) in [5.74, 6) is 2.07. The molecule has 140 valence electrons. The fourth-order valence-corrected chi connectivity index (χ4v) is 2.75. The molecular formula is C21H24N4O2. The van der Waals surface area contributed by atoms with Gasteiger partial charge in [-0.2, -0.15) is 5.10 Å². The summed E-state index contributed by atoms with van der Waals surface area (Å²) in [6, 6.07) is 17.0. The molecule has 1 unspecified atom stereocenters. The number of hydrogen-bond acceptors (Lipinski definition) is 4. The summed E-state index contributed by atoms with van der Waals surface area (Å²) in [5.41, 5.74) is 2.08. The van der Waals surface area contributed by atoms with Crippen LogP contribution in [0.3, 0.4) is 0 Å². The molecule has 27 heavy (non-hydrogen) atoms. The second-order valence-corrected chi connectivity index (χ2v) is 6.71. The number of nitrogens with zero attached hydrogens (tertiary/aromatic N) is 2. The van der Waals surface area contributed by atoms with Crippen molar-refractivity contribution in [3.05, 3.63) is 77.4 Å². The summed E-state index contributed by atoms with van der Waals surface area (Å²) in [7, 11) is 0. The second kappa shape index (κ2) is 8.49. The van der Waals surface area contributed by atoms with Crippen molar-refractivity contribution >= 4 is 5.91 Å². The van der Waals surface area contributed by atoms with Crippen LogP contribution in [-0.4, -0.2) is 27.7 Å². The number of aryl methyl sites for hydroxylation is 1. The molecule has 0 bridgehead atoms. The Bertz CT molecular complexity index is 890. The van der Waals surface area contributed by atoms with E-state index in [1.807, 2.05) is 55.5 Å². The first kappa shape index (κ1) is 18.6. The summed E-state index contributed by atoms with van der Waals surface area (Å²) in [4.78, 5) is 16.9. The Balaban J connectivity index is 1.69. The second-order valence-electron chi connectivity index (χ2n) is 6.71. The van der Waals surface area contributed by atoms with E-state index in [4.69, 9.17) is 4.74 Å². The Morgan fingerprint density at radius 3 is 2.52 bits per heavy atom. The van der Waals surface area contributed by atoms with Gasteiger partial charge in [0, 0.05) is 0 Å². The molecule has 0 saturated carbocycles. The SMILES string of the molecule is Cc1nc(C(NC(=O)COc2cccc(C(C)C)c2)c2ccccc2)n[nH]1. The number of aromatic nitrogens is 3. The Kier molecular flexibility index (Phi) is 5.86. The number of nitrogens with one attached hydrogen (secondary N) is 2. The molecule has 0 aliphatic heterocycles. The number of rotatable bonds is 7. The molecule has 3 aromatic rings. The average Bonchev–Trinajstić information content (AvgIpc) is 3.11. The molecule has 0 aliphatic carbocycles. The van der Waals surface area contributed by atoms with E-state index < -0.39 is 6.04 Å². The first-order valence-electron chi connectivity index (χ1n) is 8.99. The van der Waals surface area contributed by atoms with Crippen molar-refractivity contribution in [2.75, 3.05) is 6.61 Å². The zero-order valence-electron chi connectivity index (χ0n) is 15.8. The molecule has 6 heteroatoms. The van der Waals surface area contributed by atoms with Gasteiger partial charge in [-0.1, -0.05) is 56.3 Å². The van der Waals surface area contributed by atoms with Crippen molar-refractivity contribution in [2.45, 2.75) is 32.7 Å². The van der Waals surface area contributed by atoms with Gasteiger partial charge in [-0.3, -0.25) is 9.89 Å². The molecule has 1 atom stereocenters. The summed E-state index contributed by atoms with van der Waals surface area (Å²) in [5, 5.41) is 9.99. The van der Waals surface area contributed by atoms with E-state index in [2.05, 4.69) is 40.4 Å². The minimum atomic E-state index is -0.436. The van der Waals surface area contributed by atoms with Crippen molar-refractivity contribution in [2.24, 2.45) is 0 Å². The van der Waals surface area contributed by atoms with Crippen molar-refractivity contribution in [1.29, 1.82) is 0 Å². The number of amides is 1. The van der Waals surface area contributed by atoms with Gasteiger partial charge in [-0.25, -0.2) is 4.98 Å². The lowest BCUT2D eigenvalue weighted by molar-refractivity contribution is -0.123. The predicted molar refractivity (Wildman–Crippen MR) is 104 cm³/mol. The fraction of sp³-hybridized carbons (Fsp3) is 0.286. The normalized spacial score (nSPS) is 12.0. The molecule has 1 aromatic heterocycles. The van der Waals surface area contributed by atoms with Crippen LogP contribution in [0.1, 0.15) is 48.6 Å². The van der Waals surface area contributed by atoms with Gasteiger partial charge < -0.3 is 10.1 Å². The molecule has 0 saturated heterocycles. The van der Waals surface area contributed by atoms with Gasteiger partial charge in [0.1, 0.15) is 17.6 Å². The number of hydrogen-bond donors (Lipinski definition) is 2. The molecule has 0 radical (unpaired) electrons. The standard InChI is InChI=1S/C21H24N4O2/c1-14(2)17-10-7-11-18(12-17)27-13-19(26)23-20(16-8-5-4-6-9-16)21-22-15(3)24-25-21/h4-12,14,20H,13H2,1-3H3,(H,23,26)(H,22,24,25). The van der Waals surface area contributed by atoms with Crippen LogP contribution in [0.2, 0.25) is 0 Å². The third-order valence-corrected chi connectivity index (χ3v) is 4.21. The maximum Gasteiger partial charge on any atom is 0.258 e. The summed E-state index contributed by atoms with van der Waals surface area (Å²) < 4.78 is 5.68. The largest absolute Gasteiger partial charge is 0.484 e. The minimum Gasteiger partial charge on any atom is -0.484 e. The van der Waals surface area contributed by atoms with E-state index in [1.54, 1.807) is 0 Å². The number of benzene rings is 2. The summed E-state index contributed by atoms with van der Waals surface area (Å²) in [6.45, 7) is 5.99. The highest BCUT2D eigenvalue weighted by Gasteiger charge is 2.21. The molecule has 1 amide bonds. The molecule has 3 rings (SSSR count). The first-order valence-corrected chi connectivity index (χ1v) is 8.99. The lowest BCUT2D eigenvalue weighted by atomic mass is 10.0. The van der Waals surface area contributed by atoms with Crippen molar-refractivity contribution in [3.63, 3.8) is 0 Å². The third kappa shape index (κ3) is 4.94.